The number of hydrogen-bond acceptors (Lipinski definition) is 6. The number of nitrogens with two attached hydrogens (primary N) is 1. The molecule has 1 fully saturated rings. The highest BCUT2D eigenvalue weighted by atomic mass is 16.5. The summed E-state index contributed by atoms with van der Waals surface area (Å²) in [7, 11) is 3.07. The van der Waals surface area contributed by atoms with Crippen LogP contribution in [-0.2, 0) is 0 Å². The Morgan fingerprint density at radius 2 is 1.72 bits per heavy atom. The molecule has 0 radical (unpaired) electrons. The zero-order valence-corrected chi connectivity index (χ0v) is 10.8. The van der Waals surface area contributed by atoms with Gasteiger partial charge in [0.25, 0.3) is 0 Å². The van der Waals surface area contributed by atoms with E-state index >= 15 is 0 Å². The van der Waals surface area contributed by atoms with Crippen LogP contribution in [0, 0.1) is 0 Å². The van der Waals surface area contributed by atoms with Crippen LogP contribution in [-0.4, -0.2) is 36.3 Å². The van der Waals surface area contributed by atoms with E-state index in [1.54, 1.807) is 6.07 Å². The van der Waals surface area contributed by atoms with Crippen LogP contribution < -0.4 is 19.9 Å². The highest BCUT2D eigenvalue weighted by Gasteiger charge is 2.30. The predicted molar refractivity (Wildman–Crippen MR) is 66.0 cm³/mol. The molecule has 100 valence electrons. The number of ether oxygens (including phenoxy) is 3. The largest absolute Gasteiger partial charge is 0.481 e. The highest BCUT2D eigenvalue weighted by molar-refractivity contribution is 5.22. The summed E-state index contributed by atoms with van der Waals surface area (Å²) in [6, 6.07) is 1.84. The van der Waals surface area contributed by atoms with Crippen LogP contribution in [0.3, 0.4) is 0 Å². The minimum Gasteiger partial charge on any atom is -0.481 e. The van der Waals surface area contributed by atoms with Crippen molar-refractivity contribution in [3.05, 3.63) is 6.07 Å². The summed E-state index contributed by atoms with van der Waals surface area (Å²) in [5, 5.41) is 0. The first kappa shape index (κ1) is 12.9. The summed E-state index contributed by atoms with van der Waals surface area (Å²) in [5.41, 5.74) is 5.95. The maximum atomic E-state index is 6.20. The number of hydrogen-bond donors (Lipinski definition) is 1. The first-order valence-corrected chi connectivity index (χ1v) is 6.04. The second-order valence-electron chi connectivity index (χ2n) is 4.59. The summed E-state index contributed by atoms with van der Waals surface area (Å²) in [5.74, 6) is 0.823. The van der Waals surface area contributed by atoms with Gasteiger partial charge in [0.2, 0.25) is 11.8 Å². The van der Waals surface area contributed by atoms with Crippen molar-refractivity contribution in [1.82, 2.24) is 9.97 Å². The van der Waals surface area contributed by atoms with E-state index in [4.69, 9.17) is 19.9 Å². The molecule has 1 aliphatic rings. The fourth-order valence-electron chi connectivity index (χ4n) is 2.09. The lowest BCUT2D eigenvalue weighted by molar-refractivity contribution is 0.201. The minimum atomic E-state index is -0.250. The van der Waals surface area contributed by atoms with E-state index < -0.39 is 0 Å². The molecular weight excluding hydrogens is 234 g/mol. The average molecular weight is 253 g/mol. The van der Waals surface area contributed by atoms with Crippen LogP contribution in [0.25, 0.3) is 0 Å². The molecule has 0 saturated heterocycles. The normalized spacial score (nSPS) is 17.5. The first-order chi connectivity index (χ1) is 8.65. The quantitative estimate of drug-likeness (QED) is 0.847. The van der Waals surface area contributed by atoms with Gasteiger partial charge in [-0.2, -0.15) is 9.97 Å². The lowest BCUT2D eigenvalue weighted by Gasteiger charge is -2.22. The van der Waals surface area contributed by atoms with E-state index in [0.29, 0.717) is 18.4 Å². The van der Waals surface area contributed by atoms with E-state index in [0.717, 1.165) is 25.7 Å². The van der Waals surface area contributed by atoms with Crippen LogP contribution in [0.5, 0.6) is 17.8 Å². The summed E-state index contributed by atoms with van der Waals surface area (Å²) in [6.07, 6.45) is 4.27. The monoisotopic (exact) mass is 253 g/mol. The third-order valence-corrected chi connectivity index (χ3v) is 3.16. The smallest absolute Gasteiger partial charge is 0.323 e. The van der Waals surface area contributed by atoms with Gasteiger partial charge in [0, 0.05) is 0 Å². The van der Waals surface area contributed by atoms with Crippen molar-refractivity contribution >= 4 is 0 Å². The fraction of sp³-hybridized carbons (Fsp3) is 0.667. The van der Waals surface area contributed by atoms with Crippen molar-refractivity contribution in [3.8, 4) is 17.8 Å². The van der Waals surface area contributed by atoms with Crippen LogP contribution in [0.4, 0.5) is 0 Å². The summed E-state index contributed by atoms with van der Waals surface area (Å²) in [6.45, 7) is 0.420. The molecule has 2 rings (SSSR count). The van der Waals surface area contributed by atoms with E-state index in [2.05, 4.69) is 9.97 Å². The molecule has 0 amide bonds. The topological polar surface area (TPSA) is 79.5 Å². The predicted octanol–water partition coefficient (Wildman–Crippen LogP) is 1.14. The van der Waals surface area contributed by atoms with Crippen molar-refractivity contribution in [2.45, 2.75) is 31.2 Å². The van der Waals surface area contributed by atoms with Gasteiger partial charge in [0.1, 0.15) is 6.61 Å². The molecular formula is C12H19N3O3. The third-order valence-electron chi connectivity index (χ3n) is 3.16. The van der Waals surface area contributed by atoms with Gasteiger partial charge < -0.3 is 19.9 Å². The molecule has 1 aromatic heterocycles. The average Bonchev–Trinajstić information content (AvgIpc) is 2.83. The Bertz CT molecular complexity index is 383. The molecule has 6 heteroatoms. The maximum absolute atomic E-state index is 6.20. The van der Waals surface area contributed by atoms with Gasteiger partial charge >= 0.3 is 6.01 Å². The molecule has 0 spiro atoms. The van der Waals surface area contributed by atoms with E-state index in [1.807, 2.05) is 0 Å². The molecule has 1 aromatic rings. The van der Waals surface area contributed by atoms with Crippen molar-refractivity contribution in [1.29, 1.82) is 0 Å². The van der Waals surface area contributed by atoms with Crippen molar-refractivity contribution in [2.24, 2.45) is 5.73 Å². The van der Waals surface area contributed by atoms with Crippen LogP contribution in [0.1, 0.15) is 25.7 Å². The Morgan fingerprint density at radius 3 is 2.22 bits per heavy atom. The van der Waals surface area contributed by atoms with Gasteiger partial charge in [-0.25, -0.2) is 0 Å². The fourth-order valence-corrected chi connectivity index (χ4v) is 2.09. The van der Waals surface area contributed by atoms with Gasteiger partial charge in [0.05, 0.1) is 25.8 Å². The molecule has 18 heavy (non-hydrogen) atoms. The summed E-state index contributed by atoms with van der Waals surface area (Å²) < 4.78 is 15.7. The van der Waals surface area contributed by atoms with Crippen molar-refractivity contribution < 1.29 is 14.2 Å². The molecule has 6 nitrogen and oxygen atoms in total. The maximum Gasteiger partial charge on any atom is 0.323 e. The highest BCUT2D eigenvalue weighted by Crippen LogP contribution is 2.28. The van der Waals surface area contributed by atoms with Crippen molar-refractivity contribution in [2.75, 3.05) is 20.8 Å². The Balaban J connectivity index is 2.04. The van der Waals surface area contributed by atoms with Gasteiger partial charge in [-0.1, -0.05) is 12.8 Å². The summed E-state index contributed by atoms with van der Waals surface area (Å²) >= 11 is 0. The first-order valence-electron chi connectivity index (χ1n) is 6.04. The van der Waals surface area contributed by atoms with Gasteiger partial charge in [-0.05, 0) is 12.8 Å². The Hall–Kier alpha value is -1.56. The Labute approximate surface area is 106 Å². The van der Waals surface area contributed by atoms with Gasteiger partial charge in [-0.15, -0.1) is 0 Å². The molecule has 0 aromatic carbocycles. The number of methoxy groups -OCH3 is 2. The molecule has 2 N–H and O–H groups in total. The number of rotatable bonds is 5. The Kier molecular flexibility index (Phi) is 3.86. The third kappa shape index (κ3) is 3.01. The molecule has 0 bridgehead atoms. The van der Waals surface area contributed by atoms with Crippen molar-refractivity contribution in [3.63, 3.8) is 0 Å². The van der Waals surface area contributed by atoms with Crippen LogP contribution in [0.2, 0.25) is 0 Å². The number of nitrogens with zero attached hydrogens (tertiary/aromatic N) is 2. The number of aromatic nitrogens is 2. The second-order valence-corrected chi connectivity index (χ2v) is 4.59. The van der Waals surface area contributed by atoms with Gasteiger partial charge in [0.15, 0.2) is 0 Å². The molecule has 0 aliphatic heterocycles. The molecule has 1 aliphatic carbocycles. The minimum absolute atomic E-state index is 0.239. The molecule has 1 heterocycles. The Morgan fingerprint density at radius 1 is 1.17 bits per heavy atom. The van der Waals surface area contributed by atoms with E-state index in [-0.39, 0.29) is 11.5 Å². The standard InChI is InChI=1S/C12H19N3O3/c1-16-9-7-10(17-2)15-11(14-9)18-8-12(13)5-3-4-6-12/h7H,3-6,8,13H2,1-2H3. The zero-order valence-electron chi connectivity index (χ0n) is 10.8. The van der Waals surface area contributed by atoms with Gasteiger partial charge in [-0.3, -0.25) is 0 Å². The van der Waals surface area contributed by atoms with E-state index in [9.17, 15) is 0 Å². The molecule has 0 unspecified atom stereocenters. The van der Waals surface area contributed by atoms with Crippen LogP contribution >= 0.6 is 0 Å². The van der Waals surface area contributed by atoms with E-state index in [1.165, 1.54) is 14.2 Å². The lowest BCUT2D eigenvalue weighted by Crippen LogP contribution is -2.42. The second kappa shape index (κ2) is 5.39. The molecule has 0 atom stereocenters. The SMILES string of the molecule is COc1cc(OC)nc(OCC2(N)CCCC2)n1. The summed E-state index contributed by atoms with van der Waals surface area (Å²) in [4.78, 5) is 8.20. The molecule has 1 saturated carbocycles. The lowest BCUT2D eigenvalue weighted by atomic mass is 10.0. The van der Waals surface area contributed by atoms with Crippen LogP contribution in [0.15, 0.2) is 6.07 Å². The zero-order chi connectivity index (χ0) is 13.0.